The summed E-state index contributed by atoms with van der Waals surface area (Å²) in [7, 11) is 3.76. The normalized spacial score (nSPS) is 12.7. The van der Waals surface area contributed by atoms with Crippen molar-refractivity contribution in [2.24, 2.45) is 7.05 Å². The third-order valence-electron chi connectivity index (χ3n) is 2.71. The molecule has 0 aliphatic heterocycles. The number of nitrogens with one attached hydrogen (secondary N) is 1. The first-order valence-electron chi connectivity index (χ1n) is 5.41. The summed E-state index contributed by atoms with van der Waals surface area (Å²) in [4.78, 5) is 4.52. The number of aromatic nitrogens is 3. The van der Waals surface area contributed by atoms with Crippen molar-refractivity contribution >= 4 is 11.6 Å². The molecule has 0 aliphatic carbocycles. The Morgan fingerprint density at radius 1 is 1.41 bits per heavy atom. The van der Waals surface area contributed by atoms with E-state index in [-0.39, 0.29) is 6.04 Å². The highest BCUT2D eigenvalue weighted by atomic mass is 35.5. The number of hydrogen-bond donors (Lipinski definition) is 1. The van der Waals surface area contributed by atoms with E-state index in [4.69, 9.17) is 11.6 Å². The van der Waals surface area contributed by atoms with E-state index in [1.807, 2.05) is 39.2 Å². The van der Waals surface area contributed by atoms with Crippen LogP contribution in [0.3, 0.4) is 0 Å². The lowest BCUT2D eigenvalue weighted by atomic mass is 10.1. The maximum absolute atomic E-state index is 6.16. The van der Waals surface area contributed by atoms with Gasteiger partial charge in [-0.25, -0.2) is 0 Å². The van der Waals surface area contributed by atoms with Gasteiger partial charge in [-0.1, -0.05) is 17.7 Å². The van der Waals surface area contributed by atoms with Gasteiger partial charge >= 0.3 is 0 Å². The maximum Gasteiger partial charge on any atom is 0.0934 e. The fourth-order valence-corrected chi connectivity index (χ4v) is 2.17. The van der Waals surface area contributed by atoms with Gasteiger partial charge in [0, 0.05) is 12.7 Å². The molecule has 0 fully saturated rings. The first-order valence-corrected chi connectivity index (χ1v) is 5.79. The Kier molecular flexibility index (Phi) is 3.45. The SMILES string of the molecule is CNC(c1cccc(C)n1)c1c(Cl)cnn1C. The molecule has 2 rings (SSSR count). The smallest absolute Gasteiger partial charge is 0.0934 e. The largest absolute Gasteiger partial charge is 0.307 e. The van der Waals surface area contributed by atoms with Crippen molar-refractivity contribution in [1.29, 1.82) is 0 Å². The van der Waals surface area contributed by atoms with E-state index in [1.54, 1.807) is 10.9 Å². The average molecular weight is 251 g/mol. The number of aryl methyl sites for hydroxylation is 2. The molecule has 1 N–H and O–H groups in total. The van der Waals surface area contributed by atoms with Gasteiger partial charge < -0.3 is 5.32 Å². The molecule has 5 heteroatoms. The van der Waals surface area contributed by atoms with E-state index in [0.29, 0.717) is 5.02 Å². The third kappa shape index (κ3) is 2.33. The van der Waals surface area contributed by atoms with E-state index in [2.05, 4.69) is 15.4 Å². The third-order valence-corrected chi connectivity index (χ3v) is 3.00. The highest BCUT2D eigenvalue weighted by Crippen LogP contribution is 2.26. The molecule has 17 heavy (non-hydrogen) atoms. The molecular weight excluding hydrogens is 236 g/mol. The zero-order valence-electron chi connectivity index (χ0n) is 10.1. The van der Waals surface area contributed by atoms with Crippen molar-refractivity contribution in [3.63, 3.8) is 0 Å². The molecule has 0 amide bonds. The van der Waals surface area contributed by atoms with Gasteiger partial charge in [0.15, 0.2) is 0 Å². The number of halogens is 1. The summed E-state index contributed by atoms with van der Waals surface area (Å²) in [6.45, 7) is 1.97. The molecule has 2 heterocycles. The van der Waals surface area contributed by atoms with Crippen LogP contribution in [0.5, 0.6) is 0 Å². The van der Waals surface area contributed by atoms with Crippen LogP contribution in [0, 0.1) is 6.92 Å². The van der Waals surface area contributed by atoms with Crippen molar-refractivity contribution in [3.8, 4) is 0 Å². The zero-order valence-corrected chi connectivity index (χ0v) is 10.9. The fourth-order valence-electron chi connectivity index (χ4n) is 1.89. The molecule has 90 valence electrons. The van der Waals surface area contributed by atoms with E-state index in [9.17, 15) is 0 Å². The minimum Gasteiger partial charge on any atom is -0.307 e. The lowest BCUT2D eigenvalue weighted by molar-refractivity contribution is 0.593. The molecule has 0 saturated heterocycles. The molecule has 4 nitrogen and oxygen atoms in total. The summed E-state index contributed by atoms with van der Waals surface area (Å²) >= 11 is 6.16. The second kappa shape index (κ2) is 4.85. The number of nitrogens with zero attached hydrogens (tertiary/aromatic N) is 3. The molecule has 0 spiro atoms. The predicted molar refractivity (Wildman–Crippen MR) is 68.1 cm³/mol. The quantitative estimate of drug-likeness (QED) is 0.907. The first-order chi connectivity index (χ1) is 8.13. The monoisotopic (exact) mass is 250 g/mol. The Morgan fingerprint density at radius 3 is 2.71 bits per heavy atom. The number of rotatable bonds is 3. The average Bonchev–Trinajstić information content (AvgIpc) is 2.62. The van der Waals surface area contributed by atoms with E-state index >= 15 is 0 Å². The van der Waals surface area contributed by atoms with E-state index in [0.717, 1.165) is 17.1 Å². The van der Waals surface area contributed by atoms with Gasteiger partial charge in [-0.15, -0.1) is 0 Å². The summed E-state index contributed by atoms with van der Waals surface area (Å²) in [6, 6.07) is 5.90. The second-order valence-corrected chi connectivity index (χ2v) is 4.33. The summed E-state index contributed by atoms with van der Waals surface area (Å²) in [5.74, 6) is 0. The van der Waals surface area contributed by atoms with Gasteiger partial charge in [0.05, 0.1) is 28.6 Å². The molecule has 2 aromatic heterocycles. The molecular formula is C12H15ClN4. The highest BCUT2D eigenvalue weighted by molar-refractivity contribution is 6.31. The van der Waals surface area contributed by atoms with Crippen LogP contribution in [-0.4, -0.2) is 21.8 Å². The molecule has 0 saturated carbocycles. The van der Waals surface area contributed by atoms with Crippen molar-refractivity contribution < 1.29 is 0 Å². The first kappa shape index (κ1) is 12.1. The lowest BCUT2D eigenvalue weighted by Gasteiger charge is -2.17. The molecule has 1 unspecified atom stereocenters. The Balaban J connectivity index is 2.47. The molecule has 0 aliphatic rings. The summed E-state index contributed by atoms with van der Waals surface area (Å²) in [5, 5.41) is 8.02. The molecule has 2 aromatic rings. The minimum atomic E-state index is -0.0464. The van der Waals surface area contributed by atoms with Gasteiger partial charge in [0.1, 0.15) is 0 Å². The number of pyridine rings is 1. The molecule has 1 atom stereocenters. The van der Waals surface area contributed by atoms with Crippen molar-refractivity contribution in [1.82, 2.24) is 20.1 Å². The standard InChI is InChI=1S/C12H15ClN4/c1-8-5-4-6-10(16-8)11(14-2)12-9(13)7-15-17(12)3/h4-7,11,14H,1-3H3. The highest BCUT2D eigenvalue weighted by Gasteiger charge is 2.20. The van der Waals surface area contributed by atoms with Crippen LogP contribution in [0.25, 0.3) is 0 Å². The van der Waals surface area contributed by atoms with E-state index < -0.39 is 0 Å². The van der Waals surface area contributed by atoms with Crippen LogP contribution in [0.4, 0.5) is 0 Å². The summed E-state index contributed by atoms with van der Waals surface area (Å²) in [5.41, 5.74) is 2.85. The summed E-state index contributed by atoms with van der Waals surface area (Å²) < 4.78 is 1.77. The van der Waals surface area contributed by atoms with Crippen LogP contribution < -0.4 is 5.32 Å². The van der Waals surface area contributed by atoms with E-state index in [1.165, 1.54) is 0 Å². The molecule has 0 radical (unpaired) electrons. The topological polar surface area (TPSA) is 42.7 Å². The molecule has 0 aromatic carbocycles. The second-order valence-electron chi connectivity index (χ2n) is 3.93. The van der Waals surface area contributed by atoms with Crippen LogP contribution in [-0.2, 0) is 7.05 Å². The Bertz CT molecular complexity index is 501. The Hall–Kier alpha value is -1.39. The van der Waals surface area contributed by atoms with Crippen molar-refractivity contribution in [2.45, 2.75) is 13.0 Å². The van der Waals surface area contributed by atoms with Crippen LogP contribution in [0.15, 0.2) is 24.4 Å². The summed E-state index contributed by atoms with van der Waals surface area (Å²) in [6.07, 6.45) is 1.65. The van der Waals surface area contributed by atoms with Crippen LogP contribution in [0.1, 0.15) is 23.1 Å². The number of hydrogen-bond acceptors (Lipinski definition) is 3. The van der Waals surface area contributed by atoms with Crippen LogP contribution >= 0.6 is 11.6 Å². The van der Waals surface area contributed by atoms with Gasteiger partial charge in [0.25, 0.3) is 0 Å². The van der Waals surface area contributed by atoms with Gasteiger partial charge in [0.2, 0.25) is 0 Å². The van der Waals surface area contributed by atoms with Gasteiger partial charge in [-0.2, -0.15) is 5.10 Å². The Morgan fingerprint density at radius 2 is 2.18 bits per heavy atom. The minimum absolute atomic E-state index is 0.0464. The van der Waals surface area contributed by atoms with Crippen molar-refractivity contribution in [2.75, 3.05) is 7.05 Å². The predicted octanol–water partition coefficient (Wildman–Crippen LogP) is 2.09. The Labute approximate surface area is 106 Å². The molecule has 0 bridgehead atoms. The lowest BCUT2D eigenvalue weighted by Crippen LogP contribution is -2.22. The van der Waals surface area contributed by atoms with Crippen LogP contribution in [0.2, 0.25) is 5.02 Å². The van der Waals surface area contributed by atoms with Gasteiger partial charge in [-0.3, -0.25) is 9.67 Å². The maximum atomic E-state index is 6.16. The fraction of sp³-hybridized carbons (Fsp3) is 0.333. The van der Waals surface area contributed by atoms with Crippen molar-refractivity contribution in [3.05, 3.63) is 46.5 Å². The van der Waals surface area contributed by atoms with Gasteiger partial charge in [-0.05, 0) is 26.1 Å². The zero-order chi connectivity index (χ0) is 12.4.